The van der Waals surface area contributed by atoms with Gasteiger partial charge in [0.05, 0.1) is 34.5 Å². The third kappa shape index (κ3) is 4.84. The number of hydrogen-bond donors (Lipinski definition) is 0. The fourth-order valence-corrected chi connectivity index (χ4v) is 7.36. The minimum atomic E-state index is -3.89. The van der Waals surface area contributed by atoms with Gasteiger partial charge in [0.25, 0.3) is 0 Å². The standard InChI is InChI=1S/C27H28N4O4S2/c1-18-9-10-19(2)25-24(18)29-27(36-25)30(17-20-7-4-5-15-28-20)26(32)23-8-6-16-31(23)37(33,34)22-13-11-21(35-3)12-14-22/h4-5,7,9-15,23H,6,8,16-17H2,1-3H3. The molecule has 1 aliphatic rings. The number of benzene rings is 2. The van der Waals surface area contributed by atoms with Crippen LogP contribution in [0.25, 0.3) is 10.2 Å². The Morgan fingerprint density at radius 1 is 1.11 bits per heavy atom. The molecule has 1 fully saturated rings. The van der Waals surface area contributed by atoms with Gasteiger partial charge in [0.15, 0.2) is 5.13 Å². The lowest BCUT2D eigenvalue weighted by Crippen LogP contribution is -2.47. The van der Waals surface area contributed by atoms with Crippen molar-refractivity contribution in [2.75, 3.05) is 18.6 Å². The van der Waals surface area contributed by atoms with Gasteiger partial charge in [0.2, 0.25) is 15.9 Å². The Morgan fingerprint density at radius 3 is 2.54 bits per heavy atom. The van der Waals surface area contributed by atoms with E-state index < -0.39 is 16.1 Å². The summed E-state index contributed by atoms with van der Waals surface area (Å²) in [5.41, 5.74) is 3.66. The molecule has 2 aromatic heterocycles. The van der Waals surface area contributed by atoms with E-state index in [4.69, 9.17) is 9.72 Å². The summed E-state index contributed by atoms with van der Waals surface area (Å²) in [5.74, 6) is 0.269. The summed E-state index contributed by atoms with van der Waals surface area (Å²) in [6, 6.07) is 15.0. The first-order valence-electron chi connectivity index (χ1n) is 12.0. The van der Waals surface area contributed by atoms with E-state index in [9.17, 15) is 13.2 Å². The summed E-state index contributed by atoms with van der Waals surface area (Å²) < 4.78 is 34.7. The predicted octanol–water partition coefficient (Wildman–Crippen LogP) is 4.70. The smallest absolute Gasteiger partial charge is 0.247 e. The number of hydrogen-bond acceptors (Lipinski definition) is 7. The molecule has 0 bridgehead atoms. The van der Waals surface area contributed by atoms with Crippen LogP contribution < -0.4 is 9.64 Å². The Morgan fingerprint density at radius 2 is 1.86 bits per heavy atom. The Kier molecular flexibility index (Phi) is 6.98. The molecule has 192 valence electrons. The highest BCUT2D eigenvalue weighted by atomic mass is 32.2. The van der Waals surface area contributed by atoms with Gasteiger partial charge in [-0.15, -0.1) is 0 Å². The molecule has 1 atom stereocenters. The van der Waals surface area contributed by atoms with Crippen molar-refractivity contribution in [2.24, 2.45) is 0 Å². The third-order valence-electron chi connectivity index (χ3n) is 6.63. The lowest BCUT2D eigenvalue weighted by molar-refractivity contribution is -0.121. The molecule has 2 aromatic carbocycles. The largest absolute Gasteiger partial charge is 0.497 e. The molecule has 0 N–H and O–H groups in total. The van der Waals surface area contributed by atoms with Gasteiger partial charge >= 0.3 is 0 Å². The molecule has 8 nitrogen and oxygen atoms in total. The SMILES string of the molecule is COc1ccc(S(=O)(=O)N2CCCC2C(=O)N(Cc2ccccn2)c2nc3c(C)ccc(C)c3s2)cc1. The predicted molar refractivity (Wildman–Crippen MR) is 144 cm³/mol. The number of fused-ring (bicyclic) bond motifs is 1. The lowest BCUT2D eigenvalue weighted by atomic mass is 10.1. The molecular weight excluding hydrogens is 508 g/mol. The van der Waals surface area contributed by atoms with E-state index in [1.54, 1.807) is 23.2 Å². The molecule has 37 heavy (non-hydrogen) atoms. The second-order valence-electron chi connectivity index (χ2n) is 9.07. The van der Waals surface area contributed by atoms with Crippen LogP contribution in [0.2, 0.25) is 0 Å². The van der Waals surface area contributed by atoms with Gasteiger partial charge in [-0.3, -0.25) is 14.7 Å². The second kappa shape index (κ2) is 10.2. The van der Waals surface area contributed by atoms with Gasteiger partial charge in [-0.1, -0.05) is 29.5 Å². The number of aryl methyl sites for hydroxylation is 2. The zero-order chi connectivity index (χ0) is 26.2. The quantitative estimate of drug-likeness (QED) is 0.340. The van der Waals surface area contributed by atoms with E-state index in [1.165, 1.54) is 34.9 Å². The number of ether oxygens (including phenoxy) is 1. The van der Waals surface area contributed by atoms with Gasteiger partial charge in [-0.05, 0) is 74.2 Å². The number of nitrogens with zero attached hydrogens (tertiary/aromatic N) is 4. The monoisotopic (exact) mass is 536 g/mol. The van der Waals surface area contributed by atoms with Crippen LogP contribution >= 0.6 is 11.3 Å². The summed E-state index contributed by atoms with van der Waals surface area (Å²) in [4.78, 5) is 25.1. The van der Waals surface area contributed by atoms with Crippen molar-refractivity contribution in [1.29, 1.82) is 0 Å². The van der Waals surface area contributed by atoms with E-state index >= 15 is 0 Å². The van der Waals surface area contributed by atoms with Crippen molar-refractivity contribution >= 4 is 42.6 Å². The Balaban J connectivity index is 1.53. The number of rotatable bonds is 7. The van der Waals surface area contributed by atoms with Gasteiger partial charge in [-0.2, -0.15) is 4.31 Å². The number of carbonyl (C=O) groups is 1. The summed E-state index contributed by atoms with van der Waals surface area (Å²) in [6.45, 7) is 4.50. The normalized spacial score (nSPS) is 16.2. The van der Waals surface area contributed by atoms with Gasteiger partial charge in [0, 0.05) is 12.7 Å². The average molecular weight is 537 g/mol. The molecule has 4 aromatic rings. The zero-order valence-corrected chi connectivity index (χ0v) is 22.6. The maximum atomic E-state index is 14.1. The van der Waals surface area contributed by atoms with Gasteiger partial charge in [0.1, 0.15) is 11.8 Å². The van der Waals surface area contributed by atoms with Crippen molar-refractivity contribution in [3.8, 4) is 5.75 Å². The first-order valence-corrected chi connectivity index (χ1v) is 14.3. The van der Waals surface area contributed by atoms with Crippen LogP contribution in [0, 0.1) is 13.8 Å². The maximum Gasteiger partial charge on any atom is 0.247 e. The van der Waals surface area contributed by atoms with Crippen molar-refractivity contribution < 1.29 is 17.9 Å². The maximum absolute atomic E-state index is 14.1. The summed E-state index contributed by atoms with van der Waals surface area (Å²) in [7, 11) is -2.36. The van der Waals surface area contributed by atoms with Gasteiger partial charge in [-0.25, -0.2) is 13.4 Å². The van der Waals surface area contributed by atoms with Crippen LogP contribution in [0.5, 0.6) is 5.75 Å². The first kappa shape index (κ1) is 25.3. The number of thiazole rings is 1. The zero-order valence-electron chi connectivity index (χ0n) is 20.9. The number of pyridine rings is 1. The lowest BCUT2D eigenvalue weighted by Gasteiger charge is -2.28. The van der Waals surface area contributed by atoms with Crippen LogP contribution in [0.15, 0.2) is 65.7 Å². The molecule has 3 heterocycles. The molecule has 5 rings (SSSR count). The van der Waals surface area contributed by atoms with Gasteiger partial charge < -0.3 is 4.74 Å². The minimum Gasteiger partial charge on any atom is -0.497 e. The van der Waals surface area contributed by atoms with E-state index in [0.717, 1.165) is 21.3 Å². The topological polar surface area (TPSA) is 92.7 Å². The summed E-state index contributed by atoms with van der Waals surface area (Å²) >= 11 is 1.45. The molecule has 0 radical (unpaired) electrons. The molecule has 1 aliphatic heterocycles. The van der Waals surface area contributed by atoms with Crippen molar-refractivity contribution in [3.63, 3.8) is 0 Å². The van der Waals surface area contributed by atoms with E-state index in [0.29, 0.717) is 29.4 Å². The van der Waals surface area contributed by atoms with Crippen molar-refractivity contribution in [2.45, 2.75) is 44.2 Å². The molecule has 10 heteroatoms. The Labute approximate surface area is 220 Å². The molecule has 0 spiro atoms. The second-order valence-corrected chi connectivity index (χ2v) is 11.9. The van der Waals surface area contributed by atoms with Crippen LogP contribution in [-0.2, 0) is 21.4 Å². The molecule has 0 saturated carbocycles. The van der Waals surface area contributed by atoms with Crippen LogP contribution in [0.3, 0.4) is 0 Å². The number of anilines is 1. The number of aromatic nitrogens is 2. The fourth-order valence-electron chi connectivity index (χ4n) is 4.59. The highest BCUT2D eigenvalue weighted by molar-refractivity contribution is 7.89. The van der Waals surface area contributed by atoms with E-state index in [2.05, 4.69) is 4.98 Å². The summed E-state index contributed by atoms with van der Waals surface area (Å²) in [6.07, 6.45) is 2.72. The minimum absolute atomic E-state index is 0.135. The fraction of sp³-hybridized carbons (Fsp3) is 0.296. The van der Waals surface area contributed by atoms with E-state index in [1.807, 2.05) is 44.2 Å². The van der Waals surface area contributed by atoms with Crippen molar-refractivity contribution in [3.05, 3.63) is 77.6 Å². The number of amides is 1. The Bertz CT molecular complexity index is 1500. The Hall–Kier alpha value is -3.34. The number of sulfonamides is 1. The molecular formula is C27H28N4O4S2. The summed E-state index contributed by atoms with van der Waals surface area (Å²) in [5, 5.41) is 0.539. The van der Waals surface area contributed by atoms with Crippen LogP contribution in [0.1, 0.15) is 29.7 Å². The average Bonchev–Trinajstić information content (AvgIpc) is 3.59. The molecule has 1 unspecified atom stereocenters. The first-order chi connectivity index (χ1) is 17.8. The highest BCUT2D eigenvalue weighted by Crippen LogP contribution is 2.36. The van der Waals surface area contributed by atoms with Crippen LogP contribution in [0.4, 0.5) is 5.13 Å². The molecule has 1 amide bonds. The van der Waals surface area contributed by atoms with Crippen LogP contribution in [-0.4, -0.2) is 48.3 Å². The highest BCUT2D eigenvalue weighted by Gasteiger charge is 2.42. The number of carbonyl (C=O) groups excluding carboxylic acids is 1. The molecule has 0 aliphatic carbocycles. The van der Waals surface area contributed by atoms with Crippen molar-refractivity contribution in [1.82, 2.24) is 14.3 Å². The van der Waals surface area contributed by atoms with E-state index in [-0.39, 0.29) is 23.9 Å². The molecule has 1 saturated heterocycles. The number of methoxy groups -OCH3 is 1. The third-order valence-corrected chi connectivity index (χ3v) is 9.76.